The van der Waals surface area contributed by atoms with Crippen LogP contribution in [0.4, 0.5) is 5.82 Å². The second-order valence-electron chi connectivity index (χ2n) is 7.21. The van der Waals surface area contributed by atoms with Crippen LogP contribution in [0.5, 0.6) is 0 Å². The first-order chi connectivity index (χ1) is 13.8. The van der Waals surface area contributed by atoms with E-state index in [9.17, 15) is 9.59 Å². The van der Waals surface area contributed by atoms with Crippen molar-refractivity contribution in [3.63, 3.8) is 0 Å². The Morgan fingerprint density at radius 1 is 1.24 bits per heavy atom. The first-order valence-electron chi connectivity index (χ1n) is 9.64. The Hall–Kier alpha value is -3.28. The molecule has 152 valence electrons. The highest BCUT2D eigenvalue weighted by atomic mass is 16.1. The lowest BCUT2D eigenvalue weighted by Gasteiger charge is -2.12. The largest absolute Gasteiger partial charge is 0.310 e. The molecule has 0 unspecified atom stereocenters. The smallest absolute Gasteiger partial charge is 0.255 e. The van der Waals surface area contributed by atoms with Crippen molar-refractivity contribution in [1.82, 2.24) is 19.7 Å². The number of amides is 1. The van der Waals surface area contributed by atoms with Gasteiger partial charge >= 0.3 is 0 Å². The summed E-state index contributed by atoms with van der Waals surface area (Å²) >= 11 is 0. The molecule has 3 rings (SSSR count). The molecule has 1 aliphatic heterocycles. The maximum Gasteiger partial charge on any atom is 0.255 e. The predicted molar refractivity (Wildman–Crippen MR) is 109 cm³/mol. The fourth-order valence-corrected chi connectivity index (χ4v) is 3.19. The Labute approximate surface area is 169 Å². The minimum Gasteiger partial charge on any atom is -0.310 e. The molecule has 1 aliphatic rings. The van der Waals surface area contributed by atoms with Gasteiger partial charge in [-0.25, -0.2) is 4.98 Å². The van der Waals surface area contributed by atoms with Crippen molar-refractivity contribution in [2.45, 2.75) is 65.5 Å². The van der Waals surface area contributed by atoms with E-state index in [1.54, 1.807) is 6.92 Å². The average Bonchev–Trinajstić information content (AvgIpc) is 3.41. The van der Waals surface area contributed by atoms with Gasteiger partial charge in [0.15, 0.2) is 5.66 Å². The van der Waals surface area contributed by atoms with Gasteiger partial charge in [0.2, 0.25) is 11.9 Å². The minimum absolute atomic E-state index is 0.184. The lowest BCUT2D eigenvalue weighted by molar-refractivity contribution is -0.116. The number of aromatic nitrogens is 4. The van der Waals surface area contributed by atoms with E-state index in [0.29, 0.717) is 42.8 Å². The normalized spacial score (nSPS) is 13.9. The van der Waals surface area contributed by atoms with E-state index >= 15 is 0 Å². The lowest BCUT2D eigenvalue weighted by atomic mass is 10.0. The van der Waals surface area contributed by atoms with Gasteiger partial charge in [0, 0.05) is 42.5 Å². The summed E-state index contributed by atoms with van der Waals surface area (Å²) in [7, 11) is 0. The molecule has 2 aromatic heterocycles. The van der Waals surface area contributed by atoms with E-state index in [2.05, 4.69) is 36.5 Å². The van der Waals surface area contributed by atoms with E-state index in [-0.39, 0.29) is 23.8 Å². The molecule has 0 aliphatic carbocycles. The summed E-state index contributed by atoms with van der Waals surface area (Å²) in [6, 6.07) is 0. The van der Waals surface area contributed by atoms with Gasteiger partial charge in [0.1, 0.15) is 5.82 Å². The van der Waals surface area contributed by atoms with Crippen molar-refractivity contribution < 1.29 is 4.79 Å². The number of aromatic amines is 1. The number of nitrogens with zero attached hydrogens (tertiary/aromatic N) is 5. The van der Waals surface area contributed by atoms with Crippen LogP contribution >= 0.6 is 0 Å². The van der Waals surface area contributed by atoms with Crippen molar-refractivity contribution in [2.24, 2.45) is 10.2 Å². The van der Waals surface area contributed by atoms with Crippen LogP contribution in [-0.2, 0) is 11.2 Å². The molecule has 2 aromatic rings. The number of anilines is 1. The number of H-pyrrole nitrogens is 1. The SMILES string of the molecule is C#CCCC1(CCC(=O)Nc2c(C)c(C)nn2-c2nc(C)c(CC)c(=O)[nH]2)N=N1. The monoisotopic (exact) mass is 395 g/mol. The number of terminal acetylenes is 1. The molecule has 0 aromatic carbocycles. The molecular formula is C20H25N7O2. The number of carbonyl (C=O) groups excluding carboxylic acids is 1. The lowest BCUT2D eigenvalue weighted by Crippen LogP contribution is -2.23. The minimum atomic E-state index is -0.505. The molecule has 0 bridgehead atoms. The number of nitrogens with one attached hydrogen (secondary N) is 2. The summed E-state index contributed by atoms with van der Waals surface area (Å²) in [4.78, 5) is 32.1. The first kappa shape index (κ1) is 20.5. The zero-order valence-corrected chi connectivity index (χ0v) is 17.2. The molecule has 0 spiro atoms. The van der Waals surface area contributed by atoms with Crippen LogP contribution in [0, 0.1) is 33.1 Å². The molecule has 0 saturated heterocycles. The van der Waals surface area contributed by atoms with Gasteiger partial charge in [0.05, 0.1) is 5.69 Å². The zero-order chi connectivity index (χ0) is 21.2. The Bertz CT molecular complexity index is 1070. The van der Waals surface area contributed by atoms with Crippen LogP contribution in [0.3, 0.4) is 0 Å². The maximum atomic E-state index is 12.6. The molecule has 0 radical (unpaired) electrons. The van der Waals surface area contributed by atoms with Crippen molar-refractivity contribution in [2.75, 3.05) is 5.32 Å². The fourth-order valence-electron chi connectivity index (χ4n) is 3.19. The number of carbonyl (C=O) groups is 1. The Morgan fingerprint density at radius 2 is 1.97 bits per heavy atom. The molecule has 0 saturated carbocycles. The summed E-state index contributed by atoms with van der Waals surface area (Å²) in [5, 5.41) is 15.5. The van der Waals surface area contributed by atoms with Crippen molar-refractivity contribution in [3.8, 4) is 18.3 Å². The highest BCUT2D eigenvalue weighted by Gasteiger charge is 2.39. The second-order valence-corrected chi connectivity index (χ2v) is 7.21. The van der Waals surface area contributed by atoms with Gasteiger partial charge in [-0.1, -0.05) is 6.92 Å². The molecule has 2 N–H and O–H groups in total. The first-order valence-corrected chi connectivity index (χ1v) is 9.64. The van der Waals surface area contributed by atoms with Crippen LogP contribution in [0.15, 0.2) is 15.0 Å². The van der Waals surface area contributed by atoms with Crippen LogP contribution in [-0.4, -0.2) is 31.3 Å². The number of rotatable bonds is 8. The summed E-state index contributed by atoms with van der Waals surface area (Å²) in [6.07, 6.45) is 7.87. The van der Waals surface area contributed by atoms with Crippen molar-refractivity contribution in [3.05, 3.63) is 32.9 Å². The molecule has 0 atom stereocenters. The fraction of sp³-hybridized carbons (Fsp3) is 0.500. The third-order valence-corrected chi connectivity index (χ3v) is 5.19. The van der Waals surface area contributed by atoms with Gasteiger partial charge < -0.3 is 5.32 Å². The molecule has 9 nitrogen and oxygen atoms in total. The highest BCUT2D eigenvalue weighted by Crippen LogP contribution is 2.37. The third kappa shape index (κ3) is 4.26. The summed E-state index contributed by atoms with van der Waals surface area (Å²) < 4.78 is 1.47. The second kappa shape index (κ2) is 7.99. The third-order valence-electron chi connectivity index (χ3n) is 5.19. The quantitative estimate of drug-likeness (QED) is 0.668. The summed E-state index contributed by atoms with van der Waals surface area (Å²) in [6.45, 7) is 7.39. The van der Waals surface area contributed by atoms with E-state index in [4.69, 9.17) is 6.42 Å². The molecule has 1 amide bonds. The molecule has 0 fully saturated rings. The average molecular weight is 395 g/mol. The number of aryl methyl sites for hydroxylation is 2. The zero-order valence-electron chi connectivity index (χ0n) is 17.2. The van der Waals surface area contributed by atoms with Crippen LogP contribution < -0.4 is 10.9 Å². The summed E-state index contributed by atoms with van der Waals surface area (Å²) in [5.74, 6) is 3.15. The predicted octanol–water partition coefficient (Wildman–Crippen LogP) is 2.74. The molecule has 3 heterocycles. The molecule has 29 heavy (non-hydrogen) atoms. The Balaban J connectivity index is 1.80. The maximum absolute atomic E-state index is 12.6. The van der Waals surface area contributed by atoms with Crippen molar-refractivity contribution >= 4 is 11.7 Å². The van der Waals surface area contributed by atoms with E-state index in [0.717, 1.165) is 11.3 Å². The molecular weight excluding hydrogens is 370 g/mol. The van der Waals surface area contributed by atoms with Gasteiger partial charge in [-0.2, -0.15) is 20.0 Å². The standard InChI is InChI=1S/C20H25N7O2/c1-6-8-10-20(25-26-20)11-9-16(28)22-17-12(3)13(4)24-27(17)19-21-14(5)15(7-2)18(29)23-19/h1H,7-11H2,2-5H3,(H,22,28)(H,21,23,29). The van der Waals surface area contributed by atoms with E-state index < -0.39 is 5.66 Å². The van der Waals surface area contributed by atoms with Gasteiger partial charge in [-0.3, -0.25) is 14.6 Å². The molecule has 9 heteroatoms. The van der Waals surface area contributed by atoms with Crippen LogP contribution in [0.25, 0.3) is 5.95 Å². The Kier molecular flexibility index (Phi) is 5.64. The highest BCUT2D eigenvalue weighted by molar-refractivity contribution is 5.91. The van der Waals surface area contributed by atoms with E-state index in [1.807, 2.05) is 20.8 Å². The number of hydrogen-bond acceptors (Lipinski definition) is 6. The Morgan fingerprint density at radius 3 is 2.55 bits per heavy atom. The van der Waals surface area contributed by atoms with Crippen molar-refractivity contribution in [1.29, 1.82) is 0 Å². The van der Waals surface area contributed by atoms with Gasteiger partial charge in [-0.15, -0.1) is 12.3 Å². The van der Waals surface area contributed by atoms with Gasteiger partial charge in [0.25, 0.3) is 5.56 Å². The summed E-state index contributed by atoms with van der Waals surface area (Å²) in [5.41, 5.74) is 2.11. The van der Waals surface area contributed by atoms with Crippen LogP contribution in [0.2, 0.25) is 0 Å². The number of hydrogen-bond donors (Lipinski definition) is 2. The van der Waals surface area contributed by atoms with E-state index in [1.165, 1.54) is 4.68 Å². The van der Waals surface area contributed by atoms with Gasteiger partial charge in [-0.05, 0) is 27.2 Å². The topological polar surface area (TPSA) is 117 Å². The van der Waals surface area contributed by atoms with Crippen LogP contribution in [0.1, 0.15) is 55.1 Å².